The lowest BCUT2D eigenvalue weighted by Gasteiger charge is -2.19. The highest BCUT2D eigenvalue weighted by Crippen LogP contribution is 2.36. The molecule has 0 bridgehead atoms. The number of carbonyl (C=O) groups is 1. The summed E-state index contributed by atoms with van der Waals surface area (Å²) in [6.07, 6.45) is -0.272. The summed E-state index contributed by atoms with van der Waals surface area (Å²) in [5.41, 5.74) is 20.0. The molecule has 0 saturated carbocycles. The highest BCUT2D eigenvalue weighted by atomic mass is 35.5. The Morgan fingerprint density at radius 1 is 1.17 bits per heavy atom. The topological polar surface area (TPSA) is 104 Å². The SMILES string of the molecule is Cc1nc(C(N)=O)cc(-c2ccc(Cl)cc2Cl)c1C1NNNN1. The minimum atomic E-state index is -0.602. The van der Waals surface area contributed by atoms with Crippen LogP contribution in [0.15, 0.2) is 24.3 Å². The van der Waals surface area contributed by atoms with Crippen LogP contribution in [0.2, 0.25) is 10.0 Å². The van der Waals surface area contributed by atoms with Gasteiger partial charge in [0, 0.05) is 26.9 Å². The van der Waals surface area contributed by atoms with Gasteiger partial charge in [-0.1, -0.05) is 29.3 Å². The van der Waals surface area contributed by atoms with Gasteiger partial charge in [0.2, 0.25) is 0 Å². The first-order valence-corrected chi connectivity index (χ1v) is 7.51. The summed E-state index contributed by atoms with van der Waals surface area (Å²) in [5, 5.41) is 1.00. The number of aryl methyl sites for hydroxylation is 1. The summed E-state index contributed by atoms with van der Waals surface area (Å²) in [6, 6.07) is 6.80. The molecule has 0 spiro atoms. The van der Waals surface area contributed by atoms with Crippen molar-refractivity contribution in [2.24, 2.45) is 5.73 Å². The molecule has 2 heterocycles. The minimum absolute atomic E-state index is 0.172. The first-order valence-electron chi connectivity index (χ1n) is 6.75. The van der Waals surface area contributed by atoms with Crippen molar-refractivity contribution in [3.8, 4) is 11.1 Å². The van der Waals surface area contributed by atoms with Gasteiger partial charge in [-0.15, -0.1) is 0 Å². The van der Waals surface area contributed by atoms with Crippen molar-refractivity contribution < 1.29 is 4.79 Å². The Balaban J connectivity index is 2.24. The molecular weight excluding hydrogens is 339 g/mol. The van der Waals surface area contributed by atoms with Crippen molar-refractivity contribution >= 4 is 29.1 Å². The molecule has 1 aromatic heterocycles. The zero-order valence-corrected chi connectivity index (χ0v) is 13.6. The Bertz CT molecular complexity index is 776. The summed E-state index contributed by atoms with van der Waals surface area (Å²) < 4.78 is 0. The molecule has 9 heteroatoms. The van der Waals surface area contributed by atoms with Crippen LogP contribution in [-0.2, 0) is 0 Å². The fourth-order valence-electron chi connectivity index (χ4n) is 2.50. The number of nitrogens with zero attached hydrogens (tertiary/aromatic N) is 1. The van der Waals surface area contributed by atoms with Crippen molar-refractivity contribution in [2.75, 3.05) is 0 Å². The molecular formula is C14H14Cl2N6O. The molecule has 0 atom stereocenters. The third kappa shape index (κ3) is 3.16. The molecule has 1 fully saturated rings. The number of rotatable bonds is 3. The second-order valence-corrected chi connectivity index (χ2v) is 5.86. The quantitative estimate of drug-likeness (QED) is 0.574. The van der Waals surface area contributed by atoms with E-state index in [4.69, 9.17) is 28.9 Å². The molecule has 0 radical (unpaired) electrons. The number of hydrazine groups is 3. The van der Waals surface area contributed by atoms with Crippen molar-refractivity contribution in [2.45, 2.75) is 13.1 Å². The van der Waals surface area contributed by atoms with E-state index in [1.165, 1.54) is 0 Å². The highest BCUT2D eigenvalue weighted by Gasteiger charge is 2.24. The summed E-state index contributed by atoms with van der Waals surface area (Å²) in [5.74, 6) is -0.602. The second-order valence-electron chi connectivity index (χ2n) is 5.01. The van der Waals surface area contributed by atoms with Crippen LogP contribution in [0.25, 0.3) is 11.1 Å². The van der Waals surface area contributed by atoms with Crippen LogP contribution in [-0.4, -0.2) is 10.9 Å². The monoisotopic (exact) mass is 352 g/mol. The van der Waals surface area contributed by atoms with E-state index in [0.29, 0.717) is 15.7 Å². The van der Waals surface area contributed by atoms with E-state index in [2.05, 4.69) is 26.9 Å². The van der Waals surface area contributed by atoms with Crippen LogP contribution in [0, 0.1) is 6.92 Å². The molecule has 6 N–H and O–H groups in total. The molecule has 2 aromatic rings. The van der Waals surface area contributed by atoms with E-state index in [9.17, 15) is 4.79 Å². The molecule has 1 aliphatic rings. The second kappa shape index (κ2) is 6.40. The molecule has 7 nitrogen and oxygen atoms in total. The Kier molecular flexibility index (Phi) is 4.49. The number of benzene rings is 1. The van der Waals surface area contributed by atoms with Gasteiger partial charge in [-0.25, -0.2) is 15.8 Å². The molecule has 23 heavy (non-hydrogen) atoms. The number of halogens is 2. The zero-order chi connectivity index (χ0) is 16.6. The van der Waals surface area contributed by atoms with Crippen molar-refractivity contribution in [1.82, 2.24) is 26.9 Å². The average molecular weight is 353 g/mol. The molecule has 0 aliphatic carbocycles. The molecule has 1 amide bonds. The maximum atomic E-state index is 11.6. The lowest BCUT2D eigenvalue weighted by molar-refractivity contribution is 0.0995. The van der Waals surface area contributed by atoms with Gasteiger partial charge in [-0.05, 0) is 30.7 Å². The van der Waals surface area contributed by atoms with Gasteiger partial charge in [0.15, 0.2) is 0 Å². The Morgan fingerprint density at radius 3 is 2.48 bits per heavy atom. The van der Waals surface area contributed by atoms with Crippen molar-refractivity contribution in [3.05, 3.63) is 51.3 Å². The van der Waals surface area contributed by atoms with Gasteiger partial charge in [0.05, 0.1) is 0 Å². The van der Waals surface area contributed by atoms with Crippen LogP contribution in [0.3, 0.4) is 0 Å². The zero-order valence-electron chi connectivity index (χ0n) is 12.1. The molecule has 1 aromatic carbocycles. The Hall–Kier alpha value is -1.74. The number of primary amides is 1. The van der Waals surface area contributed by atoms with Gasteiger partial charge in [-0.2, -0.15) is 11.1 Å². The fraction of sp³-hybridized carbons (Fsp3) is 0.143. The smallest absolute Gasteiger partial charge is 0.267 e. The molecule has 0 unspecified atom stereocenters. The number of hydrogen-bond donors (Lipinski definition) is 5. The van der Waals surface area contributed by atoms with E-state index < -0.39 is 5.91 Å². The number of nitrogens with two attached hydrogens (primary N) is 1. The predicted molar refractivity (Wildman–Crippen MR) is 88.2 cm³/mol. The average Bonchev–Trinajstić information content (AvgIpc) is 3.00. The number of aromatic nitrogens is 1. The van der Waals surface area contributed by atoms with Gasteiger partial charge in [0.25, 0.3) is 5.91 Å². The van der Waals surface area contributed by atoms with E-state index in [-0.39, 0.29) is 11.9 Å². The molecule has 1 aliphatic heterocycles. The third-order valence-electron chi connectivity index (χ3n) is 3.51. The summed E-state index contributed by atoms with van der Waals surface area (Å²) in [7, 11) is 0. The first kappa shape index (κ1) is 16.1. The van der Waals surface area contributed by atoms with Gasteiger partial charge < -0.3 is 5.73 Å². The van der Waals surface area contributed by atoms with Crippen molar-refractivity contribution in [1.29, 1.82) is 0 Å². The van der Waals surface area contributed by atoms with Crippen LogP contribution < -0.4 is 27.7 Å². The van der Waals surface area contributed by atoms with Gasteiger partial charge >= 0.3 is 0 Å². The summed E-state index contributed by atoms with van der Waals surface area (Å²) >= 11 is 12.3. The normalized spacial score (nSPS) is 15.1. The lowest BCUT2D eigenvalue weighted by Crippen LogP contribution is -2.33. The van der Waals surface area contributed by atoms with Crippen LogP contribution in [0.4, 0.5) is 0 Å². The van der Waals surface area contributed by atoms with Gasteiger partial charge in [0.1, 0.15) is 11.9 Å². The number of pyridine rings is 1. The van der Waals surface area contributed by atoms with E-state index in [1.807, 2.05) is 0 Å². The Labute approximate surface area is 142 Å². The number of hydrogen-bond acceptors (Lipinski definition) is 6. The molecule has 3 rings (SSSR count). The van der Waals surface area contributed by atoms with Gasteiger partial charge in [-0.3, -0.25) is 4.79 Å². The van der Waals surface area contributed by atoms with Crippen molar-refractivity contribution in [3.63, 3.8) is 0 Å². The standard InChI is InChI=1S/C14H14Cl2N6O/c1-6-12(14-19-21-22-20-14)9(5-11(18-6)13(17)23)8-3-2-7(15)4-10(8)16/h2-5,14,19-22H,1H3,(H2,17,23). The number of nitrogens with one attached hydrogen (secondary N) is 4. The highest BCUT2D eigenvalue weighted by molar-refractivity contribution is 6.36. The minimum Gasteiger partial charge on any atom is -0.364 e. The maximum absolute atomic E-state index is 11.6. The first-order chi connectivity index (χ1) is 11.0. The lowest BCUT2D eigenvalue weighted by atomic mass is 9.96. The maximum Gasteiger partial charge on any atom is 0.267 e. The van der Waals surface area contributed by atoms with Crippen LogP contribution in [0.1, 0.15) is 27.9 Å². The number of carbonyl (C=O) groups excluding carboxylic acids is 1. The molecule has 1 saturated heterocycles. The summed E-state index contributed by atoms with van der Waals surface area (Å²) in [4.78, 5) is 15.8. The van der Waals surface area contributed by atoms with E-state index in [1.54, 1.807) is 31.2 Å². The Morgan fingerprint density at radius 2 is 1.87 bits per heavy atom. The third-order valence-corrected chi connectivity index (χ3v) is 4.05. The van der Waals surface area contributed by atoms with E-state index in [0.717, 1.165) is 16.7 Å². The predicted octanol–water partition coefficient (Wildman–Crippen LogP) is 1.58. The number of amides is 1. The molecule has 120 valence electrons. The summed E-state index contributed by atoms with van der Waals surface area (Å²) in [6.45, 7) is 1.80. The van der Waals surface area contributed by atoms with E-state index >= 15 is 0 Å². The fourth-order valence-corrected chi connectivity index (χ4v) is 3.01. The van der Waals surface area contributed by atoms with Crippen LogP contribution >= 0.6 is 23.2 Å². The largest absolute Gasteiger partial charge is 0.364 e. The van der Waals surface area contributed by atoms with Crippen LogP contribution in [0.5, 0.6) is 0 Å².